The molecule has 1 amide bonds. The van der Waals surface area contributed by atoms with E-state index in [9.17, 15) is 9.59 Å². The highest BCUT2D eigenvalue weighted by Gasteiger charge is 2.02. The van der Waals surface area contributed by atoms with Crippen molar-refractivity contribution in [2.24, 2.45) is 5.92 Å². The highest BCUT2D eigenvalue weighted by molar-refractivity contribution is 5.94. The highest BCUT2D eigenvalue weighted by atomic mass is 16.1. The van der Waals surface area contributed by atoms with Gasteiger partial charge in [-0.05, 0) is 37.1 Å². The lowest BCUT2D eigenvalue weighted by molar-refractivity contribution is -0.120. The van der Waals surface area contributed by atoms with Crippen molar-refractivity contribution < 1.29 is 9.59 Å². The van der Waals surface area contributed by atoms with Gasteiger partial charge < -0.3 is 10.6 Å². The Balaban J connectivity index is 2.29. The van der Waals surface area contributed by atoms with Crippen LogP contribution in [0.15, 0.2) is 24.3 Å². The second-order valence-corrected chi connectivity index (χ2v) is 5.01. The maximum Gasteiger partial charge on any atom is 0.221 e. The summed E-state index contributed by atoms with van der Waals surface area (Å²) in [7, 11) is 0. The van der Waals surface area contributed by atoms with Gasteiger partial charge in [0.1, 0.15) is 0 Å². The summed E-state index contributed by atoms with van der Waals surface area (Å²) >= 11 is 0. The molecule has 0 aliphatic rings. The van der Waals surface area contributed by atoms with Crippen LogP contribution in [0, 0.1) is 5.92 Å². The summed E-state index contributed by atoms with van der Waals surface area (Å²) in [5.74, 6) is 0.581. The van der Waals surface area contributed by atoms with E-state index in [4.69, 9.17) is 0 Å². The van der Waals surface area contributed by atoms with Crippen molar-refractivity contribution in [3.05, 3.63) is 29.8 Å². The second kappa shape index (κ2) is 7.56. The molecule has 4 nitrogen and oxygen atoms in total. The number of amides is 1. The molecule has 0 aliphatic carbocycles. The lowest BCUT2D eigenvalue weighted by Gasteiger charge is -2.09. The quantitative estimate of drug-likeness (QED) is 0.742. The summed E-state index contributed by atoms with van der Waals surface area (Å²) in [6, 6.07) is 7.26. The van der Waals surface area contributed by atoms with Crippen molar-refractivity contribution in [3.8, 4) is 0 Å². The Hall–Kier alpha value is -1.84. The number of rotatable bonds is 7. The van der Waals surface area contributed by atoms with Gasteiger partial charge in [-0.2, -0.15) is 0 Å². The zero-order valence-electron chi connectivity index (χ0n) is 11.8. The Morgan fingerprint density at radius 2 is 1.79 bits per heavy atom. The molecule has 19 heavy (non-hydrogen) atoms. The van der Waals surface area contributed by atoms with E-state index in [0.717, 1.165) is 5.69 Å². The SMILES string of the molecule is CC(=O)c1ccc(NCCC(=O)NCC(C)C)cc1. The molecule has 1 rings (SSSR count). The minimum absolute atomic E-state index is 0.0552. The topological polar surface area (TPSA) is 58.2 Å². The largest absolute Gasteiger partial charge is 0.385 e. The number of nitrogens with one attached hydrogen (secondary N) is 2. The summed E-state index contributed by atoms with van der Waals surface area (Å²) < 4.78 is 0. The first-order valence-electron chi connectivity index (χ1n) is 6.60. The van der Waals surface area contributed by atoms with Gasteiger partial charge in [-0.25, -0.2) is 0 Å². The maximum atomic E-state index is 11.5. The van der Waals surface area contributed by atoms with Crippen molar-refractivity contribution >= 4 is 17.4 Å². The van der Waals surface area contributed by atoms with E-state index in [-0.39, 0.29) is 11.7 Å². The molecule has 0 saturated heterocycles. The zero-order chi connectivity index (χ0) is 14.3. The third-order valence-electron chi connectivity index (χ3n) is 2.68. The lowest BCUT2D eigenvalue weighted by Crippen LogP contribution is -2.28. The standard InChI is InChI=1S/C15H22N2O2/c1-11(2)10-17-15(19)8-9-16-14-6-4-13(5-7-14)12(3)18/h4-7,11,16H,8-10H2,1-3H3,(H,17,19). The summed E-state index contributed by atoms with van der Waals surface area (Å²) in [5.41, 5.74) is 1.61. The molecular weight excluding hydrogens is 240 g/mol. The van der Waals surface area contributed by atoms with Gasteiger partial charge in [0.2, 0.25) is 5.91 Å². The van der Waals surface area contributed by atoms with Crippen LogP contribution in [0.1, 0.15) is 37.6 Å². The van der Waals surface area contributed by atoms with Crippen LogP contribution in [-0.4, -0.2) is 24.8 Å². The summed E-state index contributed by atoms with van der Waals surface area (Å²) in [4.78, 5) is 22.6. The van der Waals surface area contributed by atoms with Crippen molar-refractivity contribution in [1.29, 1.82) is 0 Å². The zero-order valence-corrected chi connectivity index (χ0v) is 11.8. The fraction of sp³-hybridized carbons (Fsp3) is 0.467. The molecule has 0 aliphatic heterocycles. The van der Waals surface area contributed by atoms with E-state index >= 15 is 0 Å². The minimum Gasteiger partial charge on any atom is -0.385 e. The number of ketones is 1. The highest BCUT2D eigenvalue weighted by Crippen LogP contribution is 2.09. The Morgan fingerprint density at radius 1 is 1.16 bits per heavy atom. The summed E-state index contributed by atoms with van der Waals surface area (Å²) in [5, 5.41) is 6.03. The smallest absolute Gasteiger partial charge is 0.221 e. The fourth-order valence-electron chi connectivity index (χ4n) is 1.55. The van der Waals surface area contributed by atoms with Crippen LogP contribution in [0.5, 0.6) is 0 Å². The van der Waals surface area contributed by atoms with Crippen molar-refractivity contribution in [2.75, 3.05) is 18.4 Å². The molecule has 0 heterocycles. The lowest BCUT2D eigenvalue weighted by atomic mass is 10.1. The Kier molecular flexibility index (Phi) is 6.06. The van der Waals surface area contributed by atoms with E-state index in [1.807, 2.05) is 12.1 Å². The van der Waals surface area contributed by atoms with Crippen LogP contribution in [0.4, 0.5) is 5.69 Å². The van der Waals surface area contributed by atoms with Gasteiger partial charge in [0.15, 0.2) is 5.78 Å². The van der Waals surface area contributed by atoms with Crippen molar-refractivity contribution in [2.45, 2.75) is 27.2 Å². The van der Waals surface area contributed by atoms with Crippen LogP contribution in [-0.2, 0) is 4.79 Å². The van der Waals surface area contributed by atoms with Gasteiger partial charge in [-0.3, -0.25) is 9.59 Å². The second-order valence-electron chi connectivity index (χ2n) is 5.01. The molecule has 4 heteroatoms. The van der Waals surface area contributed by atoms with Gasteiger partial charge in [0, 0.05) is 30.8 Å². The molecule has 1 aromatic rings. The maximum absolute atomic E-state index is 11.5. The van der Waals surface area contributed by atoms with E-state index in [0.29, 0.717) is 31.0 Å². The number of carbonyl (C=O) groups is 2. The predicted octanol–water partition coefficient (Wildman–Crippen LogP) is 2.46. The number of hydrogen-bond acceptors (Lipinski definition) is 3. The van der Waals surface area contributed by atoms with Gasteiger partial charge in [-0.1, -0.05) is 13.8 Å². The molecule has 0 spiro atoms. The first-order valence-corrected chi connectivity index (χ1v) is 6.60. The molecule has 0 atom stereocenters. The minimum atomic E-state index is 0.0552. The Morgan fingerprint density at radius 3 is 2.32 bits per heavy atom. The molecule has 0 saturated carbocycles. The van der Waals surface area contributed by atoms with Gasteiger partial charge in [-0.15, -0.1) is 0 Å². The van der Waals surface area contributed by atoms with Crippen molar-refractivity contribution in [1.82, 2.24) is 5.32 Å². The van der Waals surface area contributed by atoms with E-state index in [2.05, 4.69) is 24.5 Å². The van der Waals surface area contributed by atoms with Crippen LogP contribution in [0.3, 0.4) is 0 Å². The van der Waals surface area contributed by atoms with Crippen molar-refractivity contribution in [3.63, 3.8) is 0 Å². The van der Waals surface area contributed by atoms with Gasteiger partial charge in [0.05, 0.1) is 0 Å². The Labute approximate surface area is 114 Å². The van der Waals surface area contributed by atoms with E-state index in [1.165, 1.54) is 0 Å². The molecule has 0 unspecified atom stereocenters. The van der Waals surface area contributed by atoms with Crippen LogP contribution < -0.4 is 10.6 Å². The molecule has 0 fully saturated rings. The predicted molar refractivity (Wildman–Crippen MR) is 77.4 cm³/mol. The number of carbonyl (C=O) groups excluding carboxylic acids is 2. The fourth-order valence-corrected chi connectivity index (χ4v) is 1.55. The molecule has 0 aromatic heterocycles. The first-order chi connectivity index (χ1) is 8.99. The molecule has 104 valence electrons. The average molecular weight is 262 g/mol. The number of benzene rings is 1. The third kappa shape index (κ3) is 6.04. The number of Topliss-reactive ketones (excluding diaryl/α,β-unsaturated/α-hetero) is 1. The van der Waals surface area contributed by atoms with Crippen LogP contribution in [0.25, 0.3) is 0 Å². The van der Waals surface area contributed by atoms with Crippen LogP contribution >= 0.6 is 0 Å². The van der Waals surface area contributed by atoms with Gasteiger partial charge >= 0.3 is 0 Å². The molecule has 0 radical (unpaired) electrons. The molecular formula is C15H22N2O2. The molecule has 0 bridgehead atoms. The number of hydrogen-bond donors (Lipinski definition) is 2. The normalized spacial score (nSPS) is 10.3. The summed E-state index contributed by atoms with van der Waals surface area (Å²) in [6.07, 6.45) is 0.446. The first kappa shape index (κ1) is 15.2. The van der Waals surface area contributed by atoms with E-state index in [1.54, 1.807) is 19.1 Å². The molecule has 2 N–H and O–H groups in total. The summed E-state index contributed by atoms with van der Waals surface area (Å²) in [6.45, 7) is 6.97. The van der Waals surface area contributed by atoms with Crippen LogP contribution in [0.2, 0.25) is 0 Å². The Bertz CT molecular complexity index is 424. The average Bonchev–Trinajstić information content (AvgIpc) is 2.37. The third-order valence-corrected chi connectivity index (χ3v) is 2.68. The number of anilines is 1. The van der Waals surface area contributed by atoms with Gasteiger partial charge in [0.25, 0.3) is 0 Å². The van der Waals surface area contributed by atoms with E-state index < -0.39 is 0 Å². The monoisotopic (exact) mass is 262 g/mol. The molecule has 1 aromatic carbocycles.